The average molecular weight is 516 g/mol. The van der Waals surface area contributed by atoms with Crippen molar-refractivity contribution in [3.8, 4) is 11.5 Å². The molecule has 0 spiro atoms. The van der Waals surface area contributed by atoms with Crippen LogP contribution in [0.2, 0.25) is 5.02 Å². The molecule has 0 radical (unpaired) electrons. The highest BCUT2D eigenvalue weighted by Crippen LogP contribution is 2.36. The summed E-state index contributed by atoms with van der Waals surface area (Å²) >= 11 is 6.85. The van der Waals surface area contributed by atoms with Crippen LogP contribution in [-0.2, 0) is 17.9 Å². The van der Waals surface area contributed by atoms with Gasteiger partial charge in [-0.25, -0.2) is 8.78 Å². The van der Waals surface area contributed by atoms with Crippen LogP contribution in [-0.4, -0.2) is 22.7 Å². The molecule has 1 aliphatic heterocycles. The average Bonchev–Trinajstić information content (AvgIpc) is 3.08. The molecular weight excluding hydrogens is 496 g/mol. The number of hydrogen-bond donors (Lipinski definition) is 0. The summed E-state index contributed by atoms with van der Waals surface area (Å²) in [7, 11) is 0. The number of imide groups is 1. The van der Waals surface area contributed by atoms with Crippen molar-refractivity contribution in [2.75, 3.05) is 6.61 Å². The molecule has 1 saturated heterocycles. The third-order valence-corrected chi connectivity index (χ3v) is 6.38. The predicted molar refractivity (Wildman–Crippen MR) is 131 cm³/mol. The van der Waals surface area contributed by atoms with Gasteiger partial charge in [-0.05, 0) is 66.2 Å². The second-order valence-corrected chi connectivity index (χ2v) is 8.92. The molecular formula is C26H20ClF2NO4S. The molecule has 3 aromatic rings. The van der Waals surface area contributed by atoms with Gasteiger partial charge in [0.15, 0.2) is 11.5 Å². The summed E-state index contributed by atoms with van der Waals surface area (Å²) in [4.78, 5) is 26.6. The first-order chi connectivity index (χ1) is 16.9. The van der Waals surface area contributed by atoms with Crippen LogP contribution in [0.3, 0.4) is 0 Å². The number of hydrogen-bond acceptors (Lipinski definition) is 5. The van der Waals surface area contributed by atoms with E-state index in [0.29, 0.717) is 34.8 Å². The van der Waals surface area contributed by atoms with Crippen molar-refractivity contribution in [2.45, 2.75) is 20.1 Å². The Morgan fingerprint density at radius 2 is 1.77 bits per heavy atom. The molecule has 0 bridgehead atoms. The van der Waals surface area contributed by atoms with E-state index in [1.807, 2.05) is 6.92 Å². The van der Waals surface area contributed by atoms with E-state index in [2.05, 4.69) is 0 Å². The summed E-state index contributed by atoms with van der Waals surface area (Å²) in [5.41, 5.74) is 1.50. The number of nitrogens with zero attached hydrogens (tertiary/aromatic N) is 1. The third-order valence-electron chi connectivity index (χ3n) is 5.12. The topological polar surface area (TPSA) is 55.8 Å². The van der Waals surface area contributed by atoms with E-state index in [0.717, 1.165) is 22.7 Å². The normalized spacial score (nSPS) is 14.6. The fourth-order valence-electron chi connectivity index (χ4n) is 3.38. The molecule has 35 heavy (non-hydrogen) atoms. The lowest BCUT2D eigenvalue weighted by atomic mass is 10.1. The maximum absolute atomic E-state index is 13.9. The van der Waals surface area contributed by atoms with Gasteiger partial charge in [0.25, 0.3) is 11.1 Å². The van der Waals surface area contributed by atoms with Gasteiger partial charge in [-0.2, -0.15) is 0 Å². The summed E-state index contributed by atoms with van der Waals surface area (Å²) in [6.07, 6.45) is 1.58. The minimum absolute atomic E-state index is 0.0247. The highest BCUT2D eigenvalue weighted by atomic mass is 35.5. The van der Waals surface area contributed by atoms with Crippen molar-refractivity contribution in [3.63, 3.8) is 0 Å². The van der Waals surface area contributed by atoms with E-state index in [1.165, 1.54) is 18.2 Å². The van der Waals surface area contributed by atoms with Gasteiger partial charge in [-0.15, -0.1) is 0 Å². The first-order valence-electron chi connectivity index (χ1n) is 10.7. The van der Waals surface area contributed by atoms with Crippen molar-refractivity contribution in [2.24, 2.45) is 0 Å². The van der Waals surface area contributed by atoms with Crippen molar-refractivity contribution >= 4 is 40.6 Å². The monoisotopic (exact) mass is 515 g/mol. The van der Waals surface area contributed by atoms with E-state index < -0.39 is 17.0 Å². The summed E-state index contributed by atoms with van der Waals surface area (Å²) in [6.45, 7) is 2.15. The Morgan fingerprint density at radius 3 is 2.51 bits per heavy atom. The van der Waals surface area contributed by atoms with E-state index in [9.17, 15) is 18.4 Å². The number of benzene rings is 3. The maximum atomic E-state index is 13.9. The Bertz CT molecular complexity index is 1310. The highest BCUT2D eigenvalue weighted by molar-refractivity contribution is 8.18. The summed E-state index contributed by atoms with van der Waals surface area (Å²) in [6, 6.07) is 15.2. The largest absolute Gasteiger partial charge is 0.490 e. The lowest BCUT2D eigenvalue weighted by molar-refractivity contribution is -0.123. The summed E-state index contributed by atoms with van der Waals surface area (Å²) in [5.74, 6) is -0.488. The standard InChI is InChI=1S/C26H20ClF2NO4S/c1-2-33-23-11-16(7-10-22(23)34-15-18-5-3-4-6-21(18)29)12-24-25(31)30(26(32)35-24)14-17-8-9-19(28)13-20(17)27/h3-13H,2,14-15H2,1H3/b24-12+. The van der Waals surface area contributed by atoms with Crippen LogP contribution < -0.4 is 9.47 Å². The molecule has 9 heteroatoms. The summed E-state index contributed by atoms with van der Waals surface area (Å²) < 4.78 is 38.6. The molecule has 1 heterocycles. The number of rotatable bonds is 8. The zero-order chi connectivity index (χ0) is 24.9. The van der Waals surface area contributed by atoms with Crippen molar-refractivity contribution in [3.05, 3.63) is 98.9 Å². The molecule has 5 nitrogen and oxygen atoms in total. The first-order valence-corrected chi connectivity index (χ1v) is 11.9. The van der Waals surface area contributed by atoms with Gasteiger partial charge in [0, 0.05) is 10.6 Å². The Morgan fingerprint density at radius 1 is 0.971 bits per heavy atom. The molecule has 1 aliphatic rings. The second-order valence-electron chi connectivity index (χ2n) is 7.52. The van der Waals surface area contributed by atoms with Gasteiger partial charge >= 0.3 is 0 Å². The summed E-state index contributed by atoms with van der Waals surface area (Å²) in [5, 5.41) is -0.308. The van der Waals surface area contributed by atoms with E-state index >= 15 is 0 Å². The second kappa shape index (κ2) is 10.9. The predicted octanol–water partition coefficient (Wildman–Crippen LogP) is 6.83. The third kappa shape index (κ3) is 5.83. The smallest absolute Gasteiger partial charge is 0.293 e. The molecule has 180 valence electrons. The van der Waals surface area contributed by atoms with Gasteiger partial charge in [-0.3, -0.25) is 14.5 Å². The van der Waals surface area contributed by atoms with Crippen LogP contribution in [0.4, 0.5) is 13.6 Å². The Kier molecular flexibility index (Phi) is 7.73. The van der Waals surface area contributed by atoms with Gasteiger partial charge in [-0.1, -0.05) is 41.9 Å². The molecule has 3 aromatic carbocycles. The number of carbonyl (C=O) groups excluding carboxylic acids is 2. The SMILES string of the molecule is CCOc1cc(/C=C2/SC(=O)N(Cc3ccc(F)cc3Cl)C2=O)ccc1OCc1ccccc1F. The van der Waals surface area contributed by atoms with E-state index in [1.54, 1.807) is 42.5 Å². The lowest BCUT2D eigenvalue weighted by Gasteiger charge is -2.14. The number of ether oxygens (including phenoxy) is 2. The number of carbonyl (C=O) groups is 2. The highest BCUT2D eigenvalue weighted by Gasteiger charge is 2.35. The van der Waals surface area contributed by atoms with Crippen LogP contribution >= 0.6 is 23.4 Å². The lowest BCUT2D eigenvalue weighted by Crippen LogP contribution is -2.27. The molecule has 1 fully saturated rings. The minimum atomic E-state index is -0.501. The number of thioether (sulfide) groups is 1. The van der Waals surface area contributed by atoms with Gasteiger partial charge in [0.05, 0.1) is 18.1 Å². The van der Waals surface area contributed by atoms with Crippen LogP contribution in [0.25, 0.3) is 6.08 Å². The Labute approximate surface area is 210 Å². The Hall–Kier alpha value is -3.36. The van der Waals surface area contributed by atoms with Crippen LogP contribution in [0.5, 0.6) is 11.5 Å². The molecule has 0 unspecified atom stereocenters. The Balaban J connectivity index is 1.52. The van der Waals surface area contributed by atoms with Crippen molar-refractivity contribution < 1.29 is 27.8 Å². The molecule has 0 atom stereocenters. The molecule has 0 aliphatic carbocycles. The van der Waals surface area contributed by atoms with Crippen LogP contribution in [0.15, 0.2) is 65.6 Å². The van der Waals surface area contributed by atoms with E-state index in [4.69, 9.17) is 21.1 Å². The zero-order valence-corrected chi connectivity index (χ0v) is 20.2. The molecule has 2 amide bonds. The fraction of sp³-hybridized carbons (Fsp3) is 0.154. The molecule has 4 rings (SSSR count). The number of halogens is 3. The number of amides is 2. The van der Waals surface area contributed by atoms with Gasteiger partial charge < -0.3 is 9.47 Å². The first kappa shape index (κ1) is 24.8. The van der Waals surface area contributed by atoms with Crippen LogP contribution in [0, 0.1) is 11.6 Å². The van der Waals surface area contributed by atoms with E-state index in [-0.39, 0.29) is 28.9 Å². The maximum Gasteiger partial charge on any atom is 0.293 e. The molecule has 0 saturated carbocycles. The van der Waals surface area contributed by atoms with Gasteiger partial charge in [0.1, 0.15) is 18.2 Å². The fourth-order valence-corrected chi connectivity index (χ4v) is 4.45. The van der Waals surface area contributed by atoms with Crippen LogP contribution in [0.1, 0.15) is 23.6 Å². The van der Waals surface area contributed by atoms with Gasteiger partial charge in [0.2, 0.25) is 0 Å². The quantitative estimate of drug-likeness (QED) is 0.308. The minimum Gasteiger partial charge on any atom is -0.490 e. The zero-order valence-electron chi connectivity index (χ0n) is 18.6. The van der Waals surface area contributed by atoms with Crippen molar-refractivity contribution in [1.82, 2.24) is 4.90 Å². The van der Waals surface area contributed by atoms with Crippen molar-refractivity contribution in [1.29, 1.82) is 0 Å². The molecule has 0 N–H and O–H groups in total. The molecule has 0 aromatic heterocycles.